The van der Waals surface area contributed by atoms with E-state index in [0.717, 1.165) is 21.7 Å². The van der Waals surface area contributed by atoms with E-state index in [-0.39, 0.29) is 18.5 Å². The van der Waals surface area contributed by atoms with Gasteiger partial charge in [0.1, 0.15) is 12.3 Å². The average Bonchev–Trinajstić information content (AvgIpc) is 2.64. The summed E-state index contributed by atoms with van der Waals surface area (Å²) in [4.78, 5) is 12.6. The highest BCUT2D eigenvalue weighted by Crippen LogP contribution is 2.23. The van der Waals surface area contributed by atoms with Crippen molar-refractivity contribution in [1.29, 1.82) is 0 Å². The molecule has 27 heavy (non-hydrogen) atoms. The van der Waals surface area contributed by atoms with Crippen molar-refractivity contribution >= 4 is 21.6 Å². The molecule has 0 radical (unpaired) electrons. The molecule has 2 aromatic rings. The maximum absolute atomic E-state index is 12.6. The molecule has 7 heteroatoms. The molecule has 146 valence electrons. The van der Waals surface area contributed by atoms with Gasteiger partial charge < -0.3 is 10.1 Å². The largest absolute Gasteiger partial charge is 0.497 e. The average molecular weight is 391 g/mol. The SMILES string of the molecule is CCC(NC(=O)CN(c1cccc(OC)c1)S(C)(=O)=O)c1ccc(C)cc1. The highest BCUT2D eigenvalue weighted by Gasteiger charge is 2.23. The molecule has 0 aliphatic rings. The lowest BCUT2D eigenvalue weighted by molar-refractivity contribution is -0.120. The summed E-state index contributed by atoms with van der Waals surface area (Å²) in [5.41, 5.74) is 2.51. The van der Waals surface area contributed by atoms with Crippen molar-refractivity contribution in [2.45, 2.75) is 26.3 Å². The van der Waals surface area contributed by atoms with Gasteiger partial charge in [-0.25, -0.2) is 8.42 Å². The number of nitrogens with zero attached hydrogens (tertiary/aromatic N) is 1. The molecule has 0 fully saturated rings. The van der Waals surface area contributed by atoms with Gasteiger partial charge in [0.2, 0.25) is 15.9 Å². The summed E-state index contributed by atoms with van der Waals surface area (Å²) >= 11 is 0. The molecule has 6 nitrogen and oxygen atoms in total. The summed E-state index contributed by atoms with van der Waals surface area (Å²) in [6, 6.07) is 14.4. The molecule has 2 aromatic carbocycles. The maximum atomic E-state index is 12.6. The number of amides is 1. The molecule has 0 aliphatic carbocycles. The zero-order valence-electron chi connectivity index (χ0n) is 16.1. The third-order valence-corrected chi connectivity index (χ3v) is 5.39. The summed E-state index contributed by atoms with van der Waals surface area (Å²) in [6.07, 6.45) is 1.78. The van der Waals surface area contributed by atoms with Crippen LogP contribution in [0.5, 0.6) is 5.75 Å². The summed E-state index contributed by atoms with van der Waals surface area (Å²) in [5, 5.41) is 2.93. The molecule has 1 amide bonds. The Hall–Kier alpha value is -2.54. The van der Waals surface area contributed by atoms with Gasteiger partial charge in [0.15, 0.2) is 0 Å². The van der Waals surface area contributed by atoms with Crippen LogP contribution in [0.2, 0.25) is 0 Å². The highest BCUT2D eigenvalue weighted by molar-refractivity contribution is 7.92. The fourth-order valence-electron chi connectivity index (χ4n) is 2.76. The van der Waals surface area contributed by atoms with Gasteiger partial charge in [-0.1, -0.05) is 42.8 Å². The second-order valence-electron chi connectivity index (χ2n) is 6.41. The first-order chi connectivity index (χ1) is 12.7. The molecule has 0 aliphatic heterocycles. The molecular weight excluding hydrogens is 364 g/mol. The highest BCUT2D eigenvalue weighted by atomic mass is 32.2. The van der Waals surface area contributed by atoms with Crippen molar-refractivity contribution in [3.8, 4) is 5.75 Å². The number of carbonyl (C=O) groups excluding carboxylic acids is 1. The number of methoxy groups -OCH3 is 1. The van der Waals surface area contributed by atoms with Crippen molar-refractivity contribution < 1.29 is 17.9 Å². The van der Waals surface area contributed by atoms with Crippen LogP contribution < -0.4 is 14.4 Å². The van der Waals surface area contributed by atoms with Crippen molar-refractivity contribution in [2.75, 3.05) is 24.2 Å². The third-order valence-electron chi connectivity index (χ3n) is 4.25. The first kappa shape index (κ1) is 20.8. The van der Waals surface area contributed by atoms with Gasteiger partial charge in [-0.3, -0.25) is 9.10 Å². The van der Waals surface area contributed by atoms with E-state index in [0.29, 0.717) is 17.9 Å². The monoisotopic (exact) mass is 390 g/mol. The van der Waals surface area contributed by atoms with Crippen LogP contribution in [0.1, 0.15) is 30.5 Å². The van der Waals surface area contributed by atoms with Gasteiger partial charge in [-0.05, 0) is 31.0 Å². The van der Waals surface area contributed by atoms with Crippen molar-refractivity contribution in [1.82, 2.24) is 5.32 Å². The predicted molar refractivity (Wildman–Crippen MR) is 108 cm³/mol. The minimum Gasteiger partial charge on any atom is -0.497 e. The minimum atomic E-state index is -3.63. The Kier molecular flexibility index (Phi) is 6.85. The number of nitrogens with one attached hydrogen (secondary N) is 1. The molecule has 0 aromatic heterocycles. The number of aryl methyl sites for hydroxylation is 1. The van der Waals surface area contributed by atoms with E-state index >= 15 is 0 Å². The Morgan fingerprint density at radius 2 is 1.85 bits per heavy atom. The van der Waals surface area contributed by atoms with Crippen LogP contribution in [0.25, 0.3) is 0 Å². The number of anilines is 1. The van der Waals surface area contributed by atoms with E-state index < -0.39 is 10.0 Å². The number of hydrogen-bond acceptors (Lipinski definition) is 4. The Labute approximate surface area is 161 Å². The zero-order chi connectivity index (χ0) is 20.0. The normalized spacial score (nSPS) is 12.3. The molecule has 2 rings (SSSR count). The van der Waals surface area contributed by atoms with Crippen molar-refractivity contribution in [2.24, 2.45) is 0 Å². The fourth-order valence-corrected chi connectivity index (χ4v) is 3.60. The topological polar surface area (TPSA) is 75.7 Å². The standard InChI is InChI=1S/C20H26N2O4S/c1-5-19(16-11-9-15(2)10-12-16)21-20(23)14-22(27(4,24)25)17-7-6-8-18(13-17)26-3/h6-13,19H,5,14H2,1-4H3,(H,21,23). The van der Waals surface area contributed by atoms with E-state index in [1.807, 2.05) is 38.1 Å². The zero-order valence-corrected chi connectivity index (χ0v) is 16.9. The molecule has 1 atom stereocenters. The summed E-state index contributed by atoms with van der Waals surface area (Å²) in [7, 11) is -2.13. The van der Waals surface area contributed by atoms with Crippen LogP contribution in [-0.2, 0) is 14.8 Å². The van der Waals surface area contributed by atoms with Crippen LogP contribution in [0.3, 0.4) is 0 Å². The molecule has 0 heterocycles. The number of ether oxygens (including phenoxy) is 1. The molecule has 1 unspecified atom stereocenters. The van der Waals surface area contributed by atoms with Gasteiger partial charge in [0, 0.05) is 6.07 Å². The third kappa shape index (κ3) is 5.72. The van der Waals surface area contributed by atoms with E-state index in [1.54, 1.807) is 24.3 Å². The fraction of sp³-hybridized carbons (Fsp3) is 0.350. The van der Waals surface area contributed by atoms with Crippen LogP contribution in [0.4, 0.5) is 5.69 Å². The number of rotatable bonds is 8. The Balaban J connectivity index is 2.19. The minimum absolute atomic E-state index is 0.176. The van der Waals surface area contributed by atoms with Crippen molar-refractivity contribution in [3.05, 3.63) is 59.7 Å². The van der Waals surface area contributed by atoms with Crippen molar-refractivity contribution in [3.63, 3.8) is 0 Å². The van der Waals surface area contributed by atoms with Gasteiger partial charge in [0.25, 0.3) is 0 Å². The van der Waals surface area contributed by atoms with Crippen LogP contribution in [-0.4, -0.2) is 34.2 Å². The molecule has 0 spiro atoms. The number of hydrogen-bond donors (Lipinski definition) is 1. The lowest BCUT2D eigenvalue weighted by Gasteiger charge is -2.24. The first-order valence-corrected chi connectivity index (χ1v) is 10.6. The molecule has 1 N–H and O–H groups in total. The quantitative estimate of drug-likeness (QED) is 0.752. The first-order valence-electron chi connectivity index (χ1n) is 8.72. The van der Waals surface area contributed by atoms with Crippen LogP contribution in [0.15, 0.2) is 48.5 Å². The van der Waals surface area contributed by atoms with Gasteiger partial charge in [-0.2, -0.15) is 0 Å². The second kappa shape index (κ2) is 8.90. The van der Waals surface area contributed by atoms with Gasteiger partial charge >= 0.3 is 0 Å². The Bertz CT molecular complexity index is 879. The molecule has 0 saturated heterocycles. The molecule has 0 saturated carbocycles. The molecule has 0 bridgehead atoms. The number of sulfonamides is 1. The Morgan fingerprint density at radius 1 is 1.19 bits per heavy atom. The van der Waals surface area contributed by atoms with E-state index in [9.17, 15) is 13.2 Å². The molecular formula is C20H26N2O4S. The van der Waals surface area contributed by atoms with Crippen LogP contribution in [0, 0.1) is 6.92 Å². The Morgan fingerprint density at radius 3 is 2.41 bits per heavy atom. The maximum Gasteiger partial charge on any atom is 0.241 e. The predicted octanol–water partition coefficient (Wildman–Crippen LogP) is 3.04. The smallest absolute Gasteiger partial charge is 0.241 e. The van der Waals surface area contributed by atoms with Crippen LogP contribution >= 0.6 is 0 Å². The van der Waals surface area contributed by atoms with E-state index in [1.165, 1.54) is 7.11 Å². The number of carbonyl (C=O) groups is 1. The lowest BCUT2D eigenvalue weighted by atomic mass is 10.0. The van der Waals surface area contributed by atoms with Gasteiger partial charge in [0.05, 0.1) is 25.1 Å². The lowest BCUT2D eigenvalue weighted by Crippen LogP contribution is -2.41. The summed E-state index contributed by atoms with van der Waals surface area (Å²) in [6.45, 7) is 3.68. The summed E-state index contributed by atoms with van der Waals surface area (Å²) in [5.74, 6) is 0.156. The van der Waals surface area contributed by atoms with E-state index in [4.69, 9.17) is 4.74 Å². The van der Waals surface area contributed by atoms with E-state index in [2.05, 4.69) is 5.32 Å². The second-order valence-corrected chi connectivity index (χ2v) is 8.32. The summed E-state index contributed by atoms with van der Waals surface area (Å²) < 4.78 is 30.7. The number of benzene rings is 2. The van der Waals surface area contributed by atoms with Gasteiger partial charge in [-0.15, -0.1) is 0 Å².